The average molecular weight is 292 g/mol. The van der Waals surface area contributed by atoms with E-state index in [1.54, 1.807) is 13.3 Å². The first kappa shape index (κ1) is 14.0. The van der Waals surface area contributed by atoms with E-state index in [4.69, 9.17) is 4.74 Å². The summed E-state index contributed by atoms with van der Waals surface area (Å²) in [4.78, 5) is 13.2. The van der Waals surface area contributed by atoms with Crippen LogP contribution < -0.4 is 10.1 Å². The Bertz CT molecular complexity index is 757. The monoisotopic (exact) mass is 292 g/mol. The van der Waals surface area contributed by atoms with Crippen LogP contribution in [0.25, 0.3) is 11.4 Å². The molecule has 0 fully saturated rings. The van der Waals surface area contributed by atoms with Gasteiger partial charge in [0.05, 0.1) is 18.5 Å². The number of hydrogen-bond donors (Lipinski definition) is 1. The number of anilines is 2. The fourth-order valence-electron chi connectivity index (χ4n) is 2.10. The molecule has 0 aliphatic carbocycles. The maximum Gasteiger partial charge on any atom is 0.134 e. The molecular formula is C17H16N4O. The second kappa shape index (κ2) is 6.22. The molecule has 1 aromatic carbocycles. The van der Waals surface area contributed by atoms with E-state index >= 15 is 0 Å². The number of hydrogen-bond acceptors (Lipinski definition) is 5. The van der Waals surface area contributed by atoms with E-state index in [2.05, 4.69) is 20.3 Å². The van der Waals surface area contributed by atoms with Crippen LogP contribution in [0.15, 0.2) is 54.7 Å². The van der Waals surface area contributed by atoms with E-state index in [1.165, 1.54) is 0 Å². The van der Waals surface area contributed by atoms with Crippen LogP contribution in [-0.2, 0) is 0 Å². The molecule has 2 heterocycles. The van der Waals surface area contributed by atoms with Crippen LogP contribution in [0.5, 0.6) is 5.75 Å². The van der Waals surface area contributed by atoms with Gasteiger partial charge in [-0.25, -0.2) is 9.97 Å². The van der Waals surface area contributed by atoms with Gasteiger partial charge >= 0.3 is 0 Å². The minimum atomic E-state index is 0.694. The van der Waals surface area contributed by atoms with Crippen molar-refractivity contribution >= 4 is 11.5 Å². The SMILES string of the molecule is COc1ccc(Nc2cc(-c3ccccn3)nc(C)n2)cc1. The van der Waals surface area contributed by atoms with Crippen LogP contribution in [0.1, 0.15) is 5.82 Å². The highest BCUT2D eigenvalue weighted by Crippen LogP contribution is 2.22. The number of ether oxygens (including phenoxy) is 1. The van der Waals surface area contributed by atoms with E-state index in [0.29, 0.717) is 5.82 Å². The molecule has 0 bridgehead atoms. The van der Waals surface area contributed by atoms with E-state index in [9.17, 15) is 0 Å². The molecule has 2 aromatic heterocycles. The molecule has 0 atom stereocenters. The van der Waals surface area contributed by atoms with Crippen molar-refractivity contribution in [3.8, 4) is 17.1 Å². The predicted octanol–water partition coefficient (Wildman–Crippen LogP) is 3.60. The quantitative estimate of drug-likeness (QED) is 0.796. The normalized spacial score (nSPS) is 10.3. The summed E-state index contributed by atoms with van der Waals surface area (Å²) >= 11 is 0. The van der Waals surface area contributed by atoms with Gasteiger partial charge in [0.25, 0.3) is 0 Å². The number of benzene rings is 1. The second-order valence-corrected chi connectivity index (χ2v) is 4.75. The zero-order valence-corrected chi connectivity index (χ0v) is 12.4. The van der Waals surface area contributed by atoms with Crippen LogP contribution in [0.4, 0.5) is 11.5 Å². The Labute approximate surface area is 129 Å². The van der Waals surface area contributed by atoms with Gasteiger partial charge in [-0.1, -0.05) is 6.07 Å². The van der Waals surface area contributed by atoms with Crippen LogP contribution in [-0.4, -0.2) is 22.1 Å². The lowest BCUT2D eigenvalue weighted by Crippen LogP contribution is -1.99. The summed E-state index contributed by atoms with van der Waals surface area (Å²) in [5.41, 5.74) is 2.56. The molecule has 0 spiro atoms. The Hall–Kier alpha value is -2.95. The van der Waals surface area contributed by atoms with Crippen LogP contribution >= 0.6 is 0 Å². The molecule has 110 valence electrons. The van der Waals surface area contributed by atoms with Crippen molar-refractivity contribution in [2.75, 3.05) is 12.4 Å². The predicted molar refractivity (Wildman–Crippen MR) is 86.3 cm³/mol. The van der Waals surface area contributed by atoms with Gasteiger partial charge in [-0.2, -0.15) is 0 Å². The minimum absolute atomic E-state index is 0.694. The number of rotatable bonds is 4. The molecular weight excluding hydrogens is 276 g/mol. The van der Waals surface area contributed by atoms with E-state index in [1.807, 2.05) is 55.5 Å². The maximum atomic E-state index is 5.15. The molecule has 1 N–H and O–H groups in total. The van der Waals surface area contributed by atoms with Gasteiger partial charge in [-0.15, -0.1) is 0 Å². The van der Waals surface area contributed by atoms with Crippen molar-refractivity contribution in [3.05, 3.63) is 60.6 Å². The number of pyridine rings is 1. The summed E-state index contributed by atoms with van der Waals surface area (Å²) in [6, 6.07) is 15.3. The number of aromatic nitrogens is 3. The molecule has 0 saturated heterocycles. The van der Waals surface area contributed by atoms with Gasteiger partial charge in [0.15, 0.2) is 0 Å². The summed E-state index contributed by atoms with van der Waals surface area (Å²) < 4.78 is 5.15. The van der Waals surface area contributed by atoms with Crippen LogP contribution in [0.3, 0.4) is 0 Å². The van der Waals surface area contributed by atoms with Crippen molar-refractivity contribution in [2.24, 2.45) is 0 Å². The fraction of sp³-hybridized carbons (Fsp3) is 0.118. The highest BCUT2D eigenvalue weighted by atomic mass is 16.5. The Morgan fingerprint density at radius 1 is 0.955 bits per heavy atom. The zero-order valence-electron chi connectivity index (χ0n) is 12.4. The maximum absolute atomic E-state index is 5.15. The molecule has 0 unspecified atom stereocenters. The van der Waals surface area contributed by atoms with Crippen molar-refractivity contribution in [1.29, 1.82) is 0 Å². The van der Waals surface area contributed by atoms with E-state index in [0.717, 1.165) is 28.6 Å². The second-order valence-electron chi connectivity index (χ2n) is 4.75. The largest absolute Gasteiger partial charge is 0.497 e. The highest BCUT2D eigenvalue weighted by molar-refractivity contribution is 5.63. The van der Waals surface area contributed by atoms with Gasteiger partial charge < -0.3 is 10.1 Å². The van der Waals surface area contributed by atoms with Crippen molar-refractivity contribution in [2.45, 2.75) is 6.92 Å². The van der Waals surface area contributed by atoms with Crippen molar-refractivity contribution in [3.63, 3.8) is 0 Å². The molecule has 3 rings (SSSR count). The Balaban J connectivity index is 1.89. The first-order chi connectivity index (χ1) is 10.7. The number of nitrogens with one attached hydrogen (secondary N) is 1. The third-order valence-electron chi connectivity index (χ3n) is 3.13. The summed E-state index contributed by atoms with van der Waals surface area (Å²) in [5.74, 6) is 2.25. The van der Waals surface area contributed by atoms with Gasteiger partial charge in [-0.05, 0) is 43.3 Å². The minimum Gasteiger partial charge on any atom is -0.497 e. The van der Waals surface area contributed by atoms with Crippen molar-refractivity contribution in [1.82, 2.24) is 15.0 Å². The third-order valence-corrected chi connectivity index (χ3v) is 3.13. The summed E-state index contributed by atoms with van der Waals surface area (Å²) in [6.07, 6.45) is 1.75. The number of methoxy groups -OCH3 is 1. The van der Waals surface area contributed by atoms with Crippen LogP contribution in [0, 0.1) is 6.92 Å². The van der Waals surface area contributed by atoms with Gasteiger partial charge in [0.2, 0.25) is 0 Å². The number of nitrogens with zero attached hydrogens (tertiary/aromatic N) is 3. The topological polar surface area (TPSA) is 59.9 Å². The molecule has 0 radical (unpaired) electrons. The standard InChI is InChI=1S/C17H16N4O/c1-12-19-16(15-5-3-4-10-18-15)11-17(20-12)21-13-6-8-14(22-2)9-7-13/h3-11H,1-2H3,(H,19,20,21). The molecule has 5 heteroatoms. The van der Waals surface area contributed by atoms with Gasteiger partial charge in [-0.3, -0.25) is 4.98 Å². The van der Waals surface area contributed by atoms with E-state index in [-0.39, 0.29) is 0 Å². The Morgan fingerprint density at radius 2 is 1.77 bits per heavy atom. The Kier molecular flexibility index (Phi) is 3.96. The summed E-state index contributed by atoms with van der Waals surface area (Å²) in [5, 5.41) is 3.27. The third kappa shape index (κ3) is 3.20. The summed E-state index contributed by atoms with van der Waals surface area (Å²) in [7, 11) is 1.65. The molecule has 22 heavy (non-hydrogen) atoms. The van der Waals surface area contributed by atoms with E-state index < -0.39 is 0 Å². The first-order valence-electron chi connectivity index (χ1n) is 6.93. The fourth-order valence-corrected chi connectivity index (χ4v) is 2.10. The summed E-state index contributed by atoms with van der Waals surface area (Å²) in [6.45, 7) is 1.87. The lowest BCUT2D eigenvalue weighted by atomic mass is 10.2. The smallest absolute Gasteiger partial charge is 0.134 e. The number of aryl methyl sites for hydroxylation is 1. The lowest BCUT2D eigenvalue weighted by molar-refractivity contribution is 0.415. The molecule has 0 aliphatic rings. The zero-order chi connectivity index (χ0) is 15.4. The molecule has 0 aliphatic heterocycles. The molecule has 3 aromatic rings. The van der Waals surface area contributed by atoms with Crippen LogP contribution in [0.2, 0.25) is 0 Å². The highest BCUT2D eigenvalue weighted by Gasteiger charge is 2.05. The van der Waals surface area contributed by atoms with Crippen molar-refractivity contribution < 1.29 is 4.74 Å². The van der Waals surface area contributed by atoms with Gasteiger partial charge in [0, 0.05) is 18.0 Å². The molecule has 0 amide bonds. The lowest BCUT2D eigenvalue weighted by Gasteiger charge is -2.09. The van der Waals surface area contributed by atoms with Gasteiger partial charge in [0.1, 0.15) is 17.4 Å². The molecule has 0 saturated carbocycles. The molecule has 5 nitrogen and oxygen atoms in total. The average Bonchev–Trinajstić information content (AvgIpc) is 2.56. The first-order valence-corrected chi connectivity index (χ1v) is 6.93. The Morgan fingerprint density at radius 3 is 2.45 bits per heavy atom.